The van der Waals surface area contributed by atoms with Crippen LogP contribution in [0.2, 0.25) is 0 Å². The zero-order chi connectivity index (χ0) is 18.2. The van der Waals surface area contributed by atoms with E-state index in [9.17, 15) is 22.8 Å². The molecule has 0 spiro atoms. The molecule has 0 aromatic heterocycles. The van der Waals surface area contributed by atoms with Gasteiger partial charge in [-0.15, -0.1) is 0 Å². The number of carbonyl (C=O) groups is 3. The third kappa shape index (κ3) is 7.73. The van der Waals surface area contributed by atoms with E-state index in [1.165, 1.54) is 0 Å². The largest absolute Gasteiger partial charge is 0.445 e. The van der Waals surface area contributed by atoms with E-state index < -0.39 is 40.3 Å². The summed E-state index contributed by atoms with van der Waals surface area (Å²) in [5, 5.41) is 2.29. The predicted octanol–water partition coefficient (Wildman–Crippen LogP) is 0.726. The van der Waals surface area contributed by atoms with Crippen LogP contribution in [0.15, 0.2) is 30.3 Å². The lowest BCUT2D eigenvalue weighted by Gasteiger charge is -2.16. The fourth-order valence-electron chi connectivity index (χ4n) is 1.83. The molecule has 2 N–H and O–H groups in total. The van der Waals surface area contributed by atoms with Gasteiger partial charge >= 0.3 is 6.09 Å². The first kappa shape index (κ1) is 19.6. The number of hydrogen-bond donors (Lipinski definition) is 2. The Morgan fingerprint density at radius 2 is 1.79 bits per heavy atom. The van der Waals surface area contributed by atoms with E-state index in [4.69, 9.17) is 4.74 Å². The molecule has 0 fully saturated rings. The van der Waals surface area contributed by atoms with Gasteiger partial charge in [-0.05, 0) is 5.56 Å². The number of ketones is 1. The highest BCUT2D eigenvalue weighted by atomic mass is 32.2. The molecule has 132 valence electrons. The second-order valence-corrected chi connectivity index (χ2v) is 6.83. The van der Waals surface area contributed by atoms with Crippen molar-refractivity contribution in [3.05, 3.63) is 35.9 Å². The lowest BCUT2D eigenvalue weighted by Crippen LogP contribution is -2.44. The van der Waals surface area contributed by atoms with E-state index in [1.807, 2.05) is 6.07 Å². The Morgan fingerprint density at radius 3 is 2.33 bits per heavy atom. The molecule has 1 aromatic rings. The summed E-state index contributed by atoms with van der Waals surface area (Å²) in [6.45, 7) is 1.58. The van der Waals surface area contributed by atoms with E-state index in [2.05, 4.69) is 5.32 Å². The zero-order valence-electron chi connectivity index (χ0n) is 13.4. The van der Waals surface area contributed by atoms with Crippen molar-refractivity contribution in [2.75, 3.05) is 6.26 Å². The van der Waals surface area contributed by atoms with Crippen molar-refractivity contribution < 1.29 is 27.5 Å². The van der Waals surface area contributed by atoms with Gasteiger partial charge in [-0.2, -0.15) is 0 Å². The number of nitrogens with one attached hydrogen (secondary N) is 2. The van der Waals surface area contributed by atoms with Gasteiger partial charge in [0.1, 0.15) is 6.61 Å². The van der Waals surface area contributed by atoms with Crippen molar-refractivity contribution in [1.29, 1.82) is 0 Å². The standard InChI is InChI=1S/C15H20N2O6S/c1-3-13(18)12(9-14(19)17-24(2,21)22)16-15(20)23-10-11-7-5-4-6-8-11/h4-8,12H,3,9-10H2,1-2H3,(H,16,20)(H,17,19)/t12-/m0/s1. The third-order valence-electron chi connectivity index (χ3n) is 2.93. The van der Waals surface area contributed by atoms with Gasteiger partial charge < -0.3 is 10.1 Å². The van der Waals surface area contributed by atoms with Crippen LogP contribution in [0.5, 0.6) is 0 Å². The molecule has 0 radical (unpaired) electrons. The first-order chi connectivity index (χ1) is 11.2. The first-order valence-corrected chi connectivity index (χ1v) is 9.11. The van der Waals surface area contributed by atoms with Gasteiger partial charge in [0.15, 0.2) is 5.78 Å². The van der Waals surface area contributed by atoms with Gasteiger partial charge in [0, 0.05) is 6.42 Å². The Labute approximate surface area is 140 Å². The summed E-state index contributed by atoms with van der Waals surface area (Å²) in [5.41, 5.74) is 0.765. The molecule has 0 saturated heterocycles. The summed E-state index contributed by atoms with van der Waals surface area (Å²) in [4.78, 5) is 35.2. The fraction of sp³-hybridized carbons (Fsp3) is 0.400. The fourth-order valence-corrected chi connectivity index (χ4v) is 2.33. The number of carbonyl (C=O) groups excluding carboxylic acids is 3. The molecular formula is C15H20N2O6S. The van der Waals surface area contributed by atoms with Crippen molar-refractivity contribution in [3.63, 3.8) is 0 Å². The number of sulfonamides is 1. The molecule has 1 rings (SSSR count). The minimum atomic E-state index is -3.73. The Balaban J connectivity index is 2.60. The molecule has 0 aliphatic carbocycles. The highest BCUT2D eigenvalue weighted by molar-refractivity contribution is 7.89. The van der Waals surface area contributed by atoms with Crippen LogP contribution in [0.1, 0.15) is 25.3 Å². The van der Waals surface area contributed by atoms with Crippen LogP contribution in [-0.4, -0.2) is 38.5 Å². The van der Waals surface area contributed by atoms with Gasteiger partial charge in [0.25, 0.3) is 0 Å². The van der Waals surface area contributed by atoms with E-state index in [0.717, 1.165) is 11.8 Å². The number of alkyl carbamates (subject to hydrolysis) is 1. The summed E-state index contributed by atoms with van der Waals surface area (Å²) in [5.74, 6) is -1.29. The Hall–Kier alpha value is -2.42. The van der Waals surface area contributed by atoms with Crippen molar-refractivity contribution in [2.24, 2.45) is 0 Å². The predicted molar refractivity (Wildman–Crippen MR) is 86.5 cm³/mol. The Bertz CT molecular complexity index is 687. The molecule has 0 unspecified atom stereocenters. The van der Waals surface area contributed by atoms with E-state index >= 15 is 0 Å². The molecule has 0 heterocycles. The van der Waals surface area contributed by atoms with Crippen molar-refractivity contribution in [1.82, 2.24) is 10.0 Å². The lowest BCUT2D eigenvalue weighted by atomic mass is 10.1. The van der Waals surface area contributed by atoms with Crippen LogP contribution in [0.25, 0.3) is 0 Å². The minimum Gasteiger partial charge on any atom is -0.445 e. The molecular weight excluding hydrogens is 336 g/mol. The smallest absolute Gasteiger partial charge is 0.408 e. The Morgan fingerprint density at radius 1 is 1.17 bits per heavy atom. The molecule has 0 aliphatic heterocycles. The second kappa shape index (κ2) is 9.02. The van der Waals surface area contributed by atoms with Gasteiger partial charge in [-0.25, -0.2) is 13.2 Å². The van der Waals surface area contributed by atoms with Crippen LogP contribution in [-0.2, 0) is 31.0 Å². The maximum Gasteiger partial charge on any atom is 0.408 e. The van der Waals surface area contributed by atoms with E-state index in [1.54, 1.807) is 35.9 Å². The van der Waals surface area contributed by atoms with Gasteiger partial charge in [-0.3, -0.25) is 14.3 Å². The number of benzene rings is 1. The molecule has 9 heteroatoms. The lowest BCUT2D eigenvalue weighted by molar-refractivity contribution is -0.126. The number of hydrogen-bond acceptors (Lipinski definition) is 6. The molecule has 1 atom stereocenters. The maximum absolute atomic E-state index is 11.8. The summed E-state index contributed by atoms with van der Waals surface area (Å²) < 4.78 is 28.8. The molecule has 24 heavy (non-hydrogen) atoms. The molecule has 1 aromatic carbocycles. The SMILES string of the molecule is CCC(=O)[C@H](CC(=O)NS(C)(=O)=O)NC(=O)OCc1ccccc1. The third-order valence-corrected chi connectivity index (χ3v) is 3.53. The average Bonchev–Trinajstić information content (AvgIpc) is 2.50. The van der Waals surface area contributed by atoms with Crippen LogP contribution in [0.3, 0.4) is 0 Å². The first-order valence-electron chi connectivity index (χ1n) is 7.21. The molecule has 0 saturated carbocycles. The average molecular weight is 356 g/mol. The summed E-state index contributed by atoms with van der Waals surface area (Å²) in [6.07, 6.45) is -0.447. The normalized spacial score (nSPS) is 12.1. The Kier molecular flexibility index (Phi) is 7.37. The summed E-state index contributed by atoms with van der Waals surface area (Å²) in [6, 6.07) is 7.77. The highest BCUT2D eigenvalue weighted by Crippen LogP contribution is 2.03. The van der Waals surface area contributed by atoms with E-state index in [-0.39, 0.29) is 13.0 Å². The molecule has 8 nitrogen and oxygen atoms in total. The zero-order valence-corrected chi connectivity index (χ0v) is 14.3. The molecule has 0 aliphatic rings. The monoisotopic (exact) mass is 356 g/mol. The molecule has 2 amide bonds. The number of amides is 2. The van der Waals surface area contributed by atoms with Gasteiger partial charge in [0.05, 0.1) is 18.7 Å². The quantitative estimate of drug-likeness (QED) is 0.709. The van der Waals surface area contributed by atoms with Gasteiger partial charge in [-0.1, -0.05) is 37.3 Å². The number of Topliss-reactive ketones (excluding diaryl/α,β-unsaturated/α-hetero) is 1. The summed E-state index contributed by atoms with van der Waals surface area (Å²) >= 11 is 0. The van der Waals surface area contributed by atoms with Crippen LogP contribution in [0.4, 0.5) is 4.79 Å². The van der Waals surface area contributed by atoms with Crippen LogP contribution < -0.4 is 10.0 Å². The topological polar surface area (TPSA) is 119 Å². The number of ether oxygens (including phenoxy) is 1. The van der Waals surface area contributed by atoms with Gasteiger partial charge in [0.2, 0.25) is 15.9 Å². The van der Waals surface area contributed by atoms with Crippen molar-refractivity contribution >= 4 is 27.8 Å². The minimum absolute atomic E-state index is 0.00917. The van der Waals surface area contributed by atoms with Crippen molar-refractivity contribution in [2.45, 2.75) is 32.4 Å². The molecule has 0 bridgehead atoms. The highest BCUT2D eigenvalue weighted by Gasteiger charge is 2.24. The number of rotatable bonds is 8. The second-order valence-electron chi connectivity index (χ2n) is 5.08. The van der Waals surface area contributed by atoms with E-state index in [0.29, 0.717) is 0 Å². The maximum atomic E-state index is 11.8. The van der Waals surface area contributed by atoms with Crippen LogP contribution >= 0.6 is 0 Å². The van der Waals surface area contributed by atoms with Crippen molar-refractivity contribution in [3.8, 4) is 0 Å². The van der Waals surface area contributed by atoms with Crippen LogP contribution in [0, 0.1) is 0 Å². The summed E-state index contributed by atoms with van der Waals surface area (Å²) in [7, 11) is -3.73.